The molecule has 0 aromatic carbocycles. The van der Waals surface area contributed by atoms with Crippen molar-refractivity contribution in [1.29, 1.82) is 0 Å². The van der Waals surface area contributed by atoms with Gasteiger partial charge in [-0.2, -0.15) is 8.42 Å². The molecule has 1 fully saturated rings. The average molecular weight is 278 g/mol. The largest absolute Gasteiger partial charge is 0.367 e. The first-order valence-corrected chi connectivity index (χ1v) is 7.65. The van der Waals surface area contributed by atoms with Crippen molar-refractivity contribution in [1.82, 2.24) is 0 Å². The van der Waals surface area contributed by atoms with Crippen LogP contribution in [0.5, 0.6) is 0 Å². The Hall–Kier alpha value is -0.660. The summed E-state index contributed by atoms with van der Waals surface area (Å²) < 4.78 is 28.7. The smallest absolute Gasteiger partial charge is 0.270 e. The Morgan fingerprint density at radius 3 is 2.22 bits per heavy atom. The second-order valence-corrected chi connectivity index (χ2v) is 7.26. The molecular weight excluding hydrogens is 256 g/mol. The molecule has 4 N–H and O–H groups in total. The molecule has 1 aliphatic rings. The van der Waals surface area contributed by atoms with Crippen LogP contribution in [0.15, 0.2) is 0 Å². The summed E-state index contributed by atoms with van der Waals surface area (Å²) in [5.74, 6) is -0.398. The molecule has 0 spiro atoms. The first-order valence-electron chi connectivity index (χ1n) is 6.18. The van der Waals surface area contributed by atoms with Crippen LogP contribution in [0.4, 0.5) is 0 Å². The molecule has 1 aliphatic carbocycles. The normalized spacial score (nSPS) is 29.4. The van der Waals surface area contributed by atoms with E-state index in [1.54, 1.807) is 0 Å². The lowest BCUT2D eigenvalue weighted by atomic mass is 9.78. The first-order chi connectivity index (χ1) is 8.23. The molecule has 0 bridgehead atoms. The monoisotopic (exact) mass is 278 g/mol. The molecule has 1 rings (SSSR count). The van der Waals surface area contributed by atoms with Crippen LogP contribution in [0.3, 0.4) is 0 Å². The van der Waals surface area contributed by atoms with Gasteiger partial charge in [-0.25, -0.2) is 0 Å². The number of carbonyl (C=O) groups is 1. The molecule has 0 aromatic rings. The number of amides is 1. The summed E-state index contributed by atoms with van der Waals surface area (Å²) in [7, 11) is -3.76. The molecule has 18 heavy (non-hydrogen) atoms. The van der Waals surface area contributed by atoms with E-state index < -0.39 is 26.9 Å². The lowest BCUT2D eigenvalue weighted by Gasteiger charge is -2.36. The van der Waals surface area contributed by atoms with Crippen LogP contribution in [0, 0.1) is 5.92 Å². The van der Waals surface area contributed by atoms with Crippen molar-refractivity contribution < 1.29 is 17.4 Å². The van der Waals surface area contributed by atoms with Crippen molar-refractivity contribution in [2.24, 2.45) is 17.4 Å². The van der Waals surface area contributed by atoms with Gasteiger partial charge in [0.15, 0.2) is 5.60 Å². The molecule has 0 atom stereocenters. The van der Waals surface area contributed by atoms with Gasteiger partial charge in [0.25, 0.3) is 16.0 Å². The van der Waals surface area contributed by atoms with Gasteiger partial charge >= 0.3 is 0 Å². The SMILES string of the molecule is CC(C)S(=O)(=O)OC1(C(N)=O)CCC(CN)CC1. The zero-order chi connectivity index (χ0) is 14.0. The van der Waals surface area contributed by atoms with Crippen molar-refractivity contribution >= 4 is 16.0 Å². The predicted molar refractivity (Wildman–Crippen MR) is 68.1 cm³/mol. The minimum atomic E-state index is -3.76. The Kier molecular flexibility index (Phi) is 4.74. The highest BCUT2D eigenvalue weighted by Crippen LogP contribution is 2.36. The van der Waals surface area contributed by atoms with Crippen LogP contribution < -0.4 is 11.5 Å². The van der Waals surface area contributed by atoms with E-state index in [0.717, 1.165) is 0 Å². The van der Waals surface area contributed by atoms with Gasteiger partial charge in [0.1, 0.15) is 0 Å². The number of primary amides is 1. The maximum atomic E-state index is 11.8. The highest BCUT2D eigenvalue weighted by Gasteiger charge is 2.45. The molecule has 0 aromatic heterocycles. The molecule has 6 nitrogen and oxygen atoms in total. The summed E-state index contributed by atoms with van der Waals surface area (Å²) >= 11 is 0. The van der Waals surface area contributed by atoms with E-state index in [1.807, 2.05) is 0 Å². The van der Waals surface area contributed by atoms with Crippen LogP contribution in [0.1, 0.15) is 39.5 Å². The molecule has 0 heterocycles. The van der Waals surface area contributed by atoms with Crippen LogP contribution in [-0.2, 0) is 19.1 Å². The summed E-state index contributed by atoms with van der Waals surface area (Å²) in [6.45, 7) is 3.55. The van der Waals surface area contributed by atoms with E-state index in [-0.39, 0.29) is 0 Å². The lowest BCUT2D eigenvalue weighted by molar-refractivity contribution is -0.136. The van der Waals surface area contributed by atoms with Gasteiger partial charge in [-0.05, 0) is 52.0 Å². The van der Waals surface area contributed by atoms with Gasteiger partial charge in [-0.3, -0.25) is 8.98 Å². The second-order valence-electron chi connectivity index (χ2n) is 5.16. The lowest BCUT2D eigenvalue weighted by Crippen LogP contribution is -2.51. The van der Waals surface area contributed by atoms with Crippen LogP contribution in [0.25, 0.3) is 0 Å². The number of nitrogens with two attached hydrogens (primary N) is 2. The summed E-state index contributed by atoms with van der Waals surface area (Å²) in [6.07, 6.45) is 1.95. The minimum absolute atomic E-state index is 0.308. The van der Waals surface area contributed by atoms with Gasteiger partial charge in [0, 0.05) is 0 Å². The van der Waals surface area contributed by atoms with Crippen molar-refractivity contribution in [2.75, 3.05) is 6.54 Å². The van der Waals surface area contributed by atoms with Gasteiger partial charge in [-0.1, -0.05) is 0 Å². The molecule has 106 valence electrons. The van der Waals surface area contributed by atoms with E-state index in [4.69, 9.17) is 15.7 Å². The fourth-order valence-corrected chi connectivity index (χ4v) is 2.95. The third kappa shape index (κ3) is 3.21. The summed E-state index contributed by atoms with van der Waals surface area (Å²) in [4.78, 5) is 11.6. The maximum Gasteiger partial charge on any atom is 0.270 e. The Labute approximate surface area is 108 Å². The van der Waals surface area contributed by atoms with E-state index in [9.17, 15) is 13.2 Å². The highest BCUT2D eigenvalue weighted by molar-refractivity contribution is 7.87. The second kappa shape index (κ2) is 5.54. The predicted octanol–water partition coefficient (Wildman–Crippen LogP) is 0.114. The molecule has 1 amide bonds. The standard InChI is InChI=1S/C11H22N2O4S/c1-8(2)18(15,16)17-11(10(13)14)5-3-9(7-12)4-6-11/h8-9H,3-7,12H2,1-2H3,(H2,13,14). The molecule has 0 aliphatic heterocycles. The van der Waals surface area contributed by atoms with E-state index >= 15 is 0 Å². The molecule has 1 saturated carbocycles. The van der Waals surface area contributed by atoms with Crippen molar-refractivity contribution in [3.8, 4) is 0 Å². The topological polar surface area (TPSA) is 112 Å². The number of hydrogen-bond acceptors (Lipinski definition) is 5. The van der Waals surface area contributed by atoms with Gasteiger partial charge in [0.05, 0.1) is 5.25 Å². The van der Waals surface area contributed by atoms with Crippen LogP contribution >= 0.6 is 0 Å². The average Bonchev–Trinajstić information content (AvgIpc) is 2.29. The molecule has 0 radical (unpaired) electrons. The molecule has 0 unspecified atom stereocenters. The zero-order valence-corrected chi connectivity index (χ0v) is 11.7. The van der Waals surface area contributed by atoms with E-state index in [1.165, 1.54) is 13.8 Å². The Bertz CT molecular complexity index is 397. The van der Waals surface area contributed by atoms with Crippen LogP contribution in [0.2, 0.25) is 0 Å². The van der Waals surface area contributed by atoms with Crippen molar-refractivity contribution in [3.63, 3.8) is 0 Å². The highest BCUT2D eigenvalue weighted by atomic mass is 32.2. The number of rotatable bonds is 5. The summed E-state index contributed by atoms with van der Waals surface area (Å²) in [5, 5.41) is -0.694. The fraction of sp³-hybridized carbons (Fsp3) is 0.909. The Morgan fingerprint density at radius 2 is 1.89 bits per heavy atom. The number of hydrogen-bond donors (Lipinski definition) is 2. The quantitative estimate of drug-likeness (QED) is 0.693. The van der Waals surface area contributed by atoms with Crippen molar-refractivity contribution in [3.05, 3.63) is 0 Å². The van der Waals surface area contributed by atoms with Crippen molar-refractivity contribution in [2.45, 2.75) is 50.4 Å². The molecule has 0 saturated heterocycles. The Balaban J connectivity index is 2.88. The van der Waals surface area contributed by atoms with E-state index in [0.29, 0.717) is 38.1 Å². The third-order valence-corrected chi connectivity index (χ3v) is 5.25. The molecular formula is C11H22N2O4S. The first kappa shape index (κ1) is 15.4. The number of carbonyl (C=O) groups excluding carboxylic acids is 1. The third-order valence-electron chi connectivity index (χ3n) is 3.55. The minimum Gasteiger partial charge on any atom is -0.367 e. The van der Waals surface area contributed by atoms with Gasteiger partial charge in [-0.15, -0.1) is 0 Å². The van der Waals surface area contributed by atoms with E-state index in [2.05, 4.69) is 0 Å². The zero-order valence-electron chi connectivity index (χ0n) is 10.9. The fourth-order valence-electron chi connectivity index (χ4n) is 2.07. The van der Waals surface area contributed by atoms with Gasteiger partial charge in [0.2, 0.25) is 0 Å². The molecule has 7 heteroatoms. The Morgan fingerprint density at radius 1 is 1.39 bits per heavy atom. The summed E-state index contributed by atoms with van der Waals surface area (Å²) in [5.41, 5.74) is 9.52. The van der Waals surface area contributed by atoms with Crippen LogP contribution in [-0.4, -0.2) is 31.7 Å². The summed E-state index contributed by atoms with van der Waals surface area (Å²) in [6, 6.07) is 0. The maximum absolute atomic E-state index is 11.8. The van der Waals surface area contributed by atoms with Gasteiger partial charge < -0.3 is 11.5 Å².